The zero-order valence-electron chi connectivity index (χ0n) is 12.6. The van der Waals surface area contributed by atoms with Gasteiger partial charge in [0.25, 0.3) is 0 Å². The largest absolute Gasteiger partial charge is 0.496 e. The molecule has 0 N–H and O–H groups in total. The zero-order chi connectivity index (χ0) is 15.6. The minimum Gasteiger partial charge on any atom is -0.496 e. The molecule has 1 aromatic heterocycles. The van der Waals surface area contributed by atoms with E-state index in [1.807, 2.05) is 11.4 Å². The van der Waals surface area contributed by atoms with Crippen molar-refractivity contribution in [2.75, 3.05) is 7.11 Å². The number of hydrogen-bond donors (Lipinski definition) is 0. The van der Waals surface area contributed by atoms with E-state index < -0.39 is 0 Å². The molecule has 0 aliphatic heterocycles. The van der Waals surface area contributed by atoms with Gasteiger partial charge in [-0.15, -0.1) is 11.3 Å². The molecule has 0 fully saturated rings. The van der Waals surface area contributed by atoms with E-state index in [9.17, 15) is 4.79 Å². The number of Topliss-reactive ketones (excluding diaryl/α,β-unsaturated/α-hetero) is 1. The van der Waals surface area contributed by atoms with Gasteiger partial charge < -0.3 is 4.74 Å². The third-order valence-corrected chi connectivity index (χ3v) is 4.44. The standard InChI is InChI=1S/C16H18BrNO2S/c1-16(2,3)14-9-21-15(18-14)8-12(19)11-6-5-10(17)7-13(11)20-4/h5-7,9H,8H2,1-4H3. The number of thiazole rings is 1. The van der Waals surface area contributed by atoms with Gasteiger partial charge in [-0.25, -0.2) is 4.98 Å². The molecule has 0 atom stereocenters. The molecule has 0 radical (unpaired) electrons. The minimum absolute atomic E-state index is 0.00704. The number of ketones is 1. The number of carbonyl (C=O) groups is 1. The molecule has 21 heavy (non-hydrogen) atoms. The van der Waals surface area contributed by atoms with E-state index in [0.717, 1.165) is 15.2 Å². The average molecular weight is 368 g/mol. The van der Waals surface area contributed by atoms with Crippen molar-refractivity contribution in [1.82, 2.24) is 4.98 Å². The van der Waals surface area contributed by atoms with Crippen LogP contribution in [-0.4, -0.2) is 17.9 Å². The van der Waals surface area contributed by atoms with E-state index in [1.165, 1.54) is 11.3 Å². The van der Waals surface area contributed by atoms with E-state index in [0.29, 0.717) is 17.7 Å². The third-order valence-electron chi connectivity index (χ3n) is 3.10. The second-order valence-electron chi connectivity index (χ2n) is 5.82. The Hall–Kier alpha value is -1.20. The van der Waals surface area contributed by atoms with Crippen LogP contribution in [-0.2, 0) is 11.8 Å². The van der Waals surface area contributed by atoms with E-state index in [4.69, 9.17) is 4.74 Å². The first-order valence-electron chi connectivity index (χ1n) is 6.63. The fourth-order valence-corrected chi connectivity index (χ4v) is 3.22. The van der Waals surface area contributed by atoms with E-state index in [1.54, 1.807) is 19.2 Å². The number of ether oxygens (including phenoxy) is 1. The molecule has 1 heterocycles. The van der Waals surface area contributed by atoms with Crippen LogP contribution in [0, 0.1) is 0 Å². The lowest BCUT2D eigenvalue weighted by atomic mass is 9.93. The Morgan fingerprint density at radius 3 is 2.67 bits per heavy atom. The number of benzene rings is 1. The van der Waals surface area contributed by atoms with Gasteiger partial charge in [0.2, 0.25) is 0 Å². The van der Waals surface area contributed by atoms with Crippen molar-refractivity contribution in [3.63, 3.8) is 0 Å². The number of methoxy groups -OCH3 is 1. The molecule has 0 unspecified atom stereocenters. The second-order valence-corrected chi connectivity index (χ2v) is 7.68. The molecule has 0 saturated heterocycles. The highest BCUT2D eigenvalue weighted by molar-refractivity contribution is 9.10. The van der Waals surface area contributed by atoms with Gasteiger partial charge in [0.05, 0.1) is 24.8 Å². The van der Waals surface area contributed by atoms with Crippen molar-refractivity contribution >= 4 is 33.0 Å². The summed E-state index contributed by atoms with van der Waals surface area (Å²) < 4.78 is 6.17. The van der Waals surface area contributed by atoms with Gasteiger partial charge in [-0.2, -0.15) is 0 Å². The van der Waals surface area contributed by atoms with Crippen LogP contribution in [0.3, 0.4) is 0 Å². The predicted octanol–water partition coefficient (Wildman–Crippen LogP) is 4.64. The summed E-state index contributed by atoms with van der Waals surface area (Å²) in [6.45, 7) is 6.35. The second kappa shape index (κ2) is 6.28. The lowest BCUT2D eigenvalue weighted by Gasteiger charge is -2.14. The van der Waals surface area contributed by atoms with Gasteiger partial charge in [0.15, 0.2) is 5.78 Å². The molecule has 0 spiro atoms. The highest BCUT2D eigenvalue weighted by atomic mass is 79.9. The van der Waals surface area contributed by atoms with Crippen molar-refractivity contribution in [2.45, 2.75) is 32.6 Å². The van der Waals surface area contributed by atoms with Gasteiger partial charge >= 0.3 is 0 Å². The van der Waals surface area contributed by atoms with Crippen molar-refractivity contribution in [3.8, 4) is 5.75 Å². The topological polar surface area (TPSA) is 39.2 Å². The maximum Gasteiger partial charge on any atom is 0.173 e. The van der Waals surface area contributed by atoms with E-state index in [-0.39, 0.29) is 11.2 Å². The molecule has 3 nitrogen and oxygen atoms in total. The quantitative estimate of drug-likeness (QED) is 0.739. The summed E-state index contributed by atoms with van der Waals surface area (Å²) in [6, 6.07) is 5.43. The van der Waals surface area contributed by atoms with Crippen molar-refractivity contribution in [1.29, 1.82) is 0 Å². The third kappa shape index (κ3) is 3.92. The number of halogens is 1. The summed E-state index contributed by atoms with van der Waals surface area (Å²) in [5.41, 5.74) is 1.62. The molecule has 0 saturated carbocycles. The molecular formula is C16H18BrNO2S. The first-order chi connectivity index (χ1) is 9.81. The molecule has 0 amide bonds. The Bertz CT molecular complexity index is 659. The lowest BCUT2D eigenvalue weighted by Crippen LogP contribution is -2.12. The van der Waals surface area contributed by atoms with E-state index >= 15 is 0 Å². The molecular weight excluding hydrogens is 350 g/mol. The maximum atomic E-state index is 12.4. The first-order valence-corrected chi connectivity index (χ1v) is 8.30. The molecule has 1 aromatic carbocycles. The van der Waals surface area contributed by atoms with Crippen LogP contribution in [0.4, 0.5) is 0 Å². The Kier molecular flexibility index (Phi) is 4.84. The van der Waals surface area contributed by atoms with Crippen LogP contribution in [0.2, 0.25) is 0 Å². The molecule has 0 aliphatic rings. The van der Waals surface area contributed by atoms with Crippen molar-refractivity contribution in [3.05, 3.63) is 44.3 Å². The van der Waals surface area contributed by atoms with Gasteiger partial charge in [-0.3, -0.25) is 4.79 Å². The van der Waals surface area contributed by atoms with Crippen LogP contribution in [0.1, 0.15) is 41.8 Å². The van der Waals surface area contributed by atoms with Crippen LogP contribution >= 0.6 is 27.3 Å². The fraction of sp³-hybridized carbons (Fsp3) is 0.375. The number of nitrogens with zero attached hydrogens (tertiary/aromatic N) is 1. The average Bonchev–Trinajstić information content (AvgIpc) is 2.86. The Morgan fingerprint density at radius 1 is 1.38 bits per heavy atom. The molecule has 0 aliphatic carbocycles. The molecule has 2 rings (SSSR count). The highest BCUT2D eigenvalue weighted by Crippen LogP contribution is 2.27. The van der Waals surface area contributed by atoms with Crippen LogP contribution in [0.15, 0.2) is 28.1 Å². The number of rotatable bonds is 4. The fourth-order valence-electron chi connectivity index (χ4n) is 1.86. The lowest BCUT2D eigenvalue weighted by molar-refractivity contribution is 0.0990. The summed E-state index contributed by atoms with van der Waals surface area (Å²) >= 11 is 4.91. The summed E-state index contributed by atoms with van der Waals surface area (Å²) in [5.74, 6) is 0.608. The minimum atomic E-state index is 0.00704. The first kappa shape index (κ1) is 16.2. The number of hydrogen-bond acceptors (Lipinski definition) is 4. The summed E-state index contributed by atoms with van der Waals surface area (Å²) in [6.07, 6.45) is 0.304. The molecule has 5 heteroatoms. The van der Waals surface area contributed by atoms with Crippen molar-refractivity contribution in [2.24, 2.45) is 0 Å². The predicted molar refractivity (Wildman–Crippen MR) is 89.5 cm³/mol. The van der Waals surface area contributed by atoms with Gasteiger partial charge in [0, 0.05) is 15.3 Å². The molecule has 112 valence electrons. The summed E-state index contributed by atoms with van der Waals surface area (Å²) in [7, 11) is 1.57. The molecule has 0 bridgehead atoms. The number of carbonyl (C=O) groups excluding carboxylic acids is 1. The monoisotopic (exact) mass is 367 g/mol. The Labute approximate surface area is 137 Å². The Morgan fingerprint density at radius 2 is 2.10 bits per heavy atom. The SMILES string of the molecule is COc1cc(Br)ccc1C(=O)Cc1nc(C(C)(C)C)cs1. The number of aromatic nitrogens is 1. The highest BCUT2D eigenvalue weighted by Gasteiger charge is 2.20. The van der Waals surface area contributed by atoms with Gasteiger partial charge in [-0.1, -0.05) is 36.7 Å². The Balaban J connectivity index is 2.20. The normalized spacial score (nSPS) is 11.5. The van der Waals surface area contributed by atoms with Crippen LogP contribution < -0.4 is 4.74 Å². The van der Waals surface area contributed by atoms with Crippen molar-refractivity contribution < 1.29 is 9.53 Å². The summed E-state index contributed by atoms with van der Waals surface area (Å²) in [4.78, 5) is 17.0. The van der Waals surface area contributed by atoms with E-state index in [2.05, 4.69) is 41.7 Å². The van der Waals surface area contributed by atoms with Gasteiger partial charge in [-0.05, 0) is 18.2 Å². The summed E-state index contributed by atoms with van der Waals surface area (Å²) in [5, 5.41) is 2.87. The smallest absolute Gasteiger partial charge is 0.173 e. The van der Waals surface area contributed by atoms with Crippen LogP contribution in [0.25, 0.3) is 0 Å². The van der Waals surface area contributed by atoms with Gasteiger partial charge in [0.1, 0.15) is 10.8 Å². The molecule has 2 aromatic rings. The zero-order valence-corrected chi connectivity index (χ0v) is 15.0. The van der Waals surface area contributed by atoms with Crippen LogP contribution in [0.5, 0.6) is 5.75 Å². The maximum absolute atomic E-state index is 12.4.